The van der Waals surface area contributed by atoms with Crippen LogP contribution in [0.3, 0.4) is 0 Å². The number of carbonyl (C=O) groups excluding carboxylic acids is 4. The first-order valence-corrected chi connectivity index (χ1v) is 21.2. The molecule has 2 aromatic carbocycles. The molecule has 8 rings (SSSR count). The summed E-state index contributed by atoms with van der Waals surface area (Å²) in [4.78, 5) is 80.6. The summed E-state index contributed by atoms with van der Waals surface area (Å²) in [6, 6.07) is 10.1. The van der Waals surface area contributed by atoms with E-state index in [4.69, 9.17) is 14.9 Å². The van der Waals surface area contributed by atoms with Crippen LogP contribution in [0.1, 0.15) is 117 Å². The van der Waals surface area contributed by atoms with E-state index in [2.05, 4.69) is 15.7 Å². The number of hydrogen-bond donors (Lipinski definition) is 3. The molecule has 6 heterocycles. The lowest BCUT2D eigenvalue weighted by Crippen LogP contribution is -2.44. The number of nitrogens with one attached hydrogen (secondary N) is 2. The topological polar surface area (TPSA) is 193 Å². The molecular weight excluding hydrogens is 805 g/mol. The Morgan fingerprint density at radius 2 is 1.68 bits per heavy atom. The highest BCUT2D eigenvalue weighted by atomic mass is 19.1. The molecule has 16 nitrogen and oxygen atoms in total. The first-order chi connectivity index (χ1) is 30.0. The first-order valence-electron chi connectivity index (χ1n) is 21.2. The molecule has 3 N–H and O–H groups in total. The zero-order valence-electron chi connectivity index (χ0n) is 34.6. The molecule has 2 atom stereocenters. The predicted octanol–water partition coefficient (Wildman–Crippen LogP) is 5.16. The highest BCUT2D eigenvalue weighted by molar-refractivity contribution is 6.00. The molecule has 0 saturated carbocycles. The summed E-state index contributed by atoms with van der Waals surface area (Å²) in [6.45, 7) is 2.22. The summed E-state index contributed by atoms with van der Waals surface area (Å²) in [5.74, 6) is -0.996. The molecule has 1 unspecified atom stereocenters. The lowest BCUT2D eigenvalue weighted by molar-refractivity contribution is -0.136. The minimum atomic E-state index is -0.720. The highest BCUT2D eigenvalue weighted by Gasteiger charge is 2.33. The van der Waals surface area contributed by atoms with Crippen LogP contribution in [0.25, 0.3) is 16.7 Å². The van der Waals surface area contributed by atoms with Gasteiger partial charge in [-0.2, -0.15) is 5.10 Å². The molecule has 62 heavy (non-hydrogen) atoms. The molecule has 3 fully saturated rings. The van der Waals surface area contributed by atoms with Gasteiger partial charge in [-0.15, -0.1) is 0 Å². The molecular formula is C44H51F2N9O7. The number of unbranched alkanes of at least 4 members (excludes halogenated alkanes) is 4. The summed E-state index contributed by atoms with van der Waals surface area (Å²) >= 11 is 0. The largest absolute Gasteiger partial charge is 0.483 e. The number of hydrogen-bond acceptors (Lipinski definition) is 9. The number of fused-ring (bicyclic) bond motifs is 2. The fourth-order valence-corrected chi connectivity index (χ4v) is 9.03. The average molecular weight is 856 g/mol. The summed E-state index contributed by atoms with van der Waals surface area (Å²) in [6.07, 6.45) is 11.7. The van der Waals surface area contributed by atoms with Crippen molar-refractivity contribution in [2.75, 3.05) is 31.1 Å². The van der Waals surface area contributed by atoms with Gasteiger partial charge in [0.1, 0.15) is 29.1 Å². The monoisotopic (exact) mass is 855 g/mol. The van der Waals surface area contributed by atoms with E-state index in [1.165, 1.54) is 21.3 Å². The van der Waals surface area contributed by atoms with Gasteiger partial charge in [-0.1, -0.05) is 25.3 Å². The van der Waals surface area contributed by atoms with Crippen molar-refractivity contribution >= 4 is 52.6 Å². The molecule has 3 aliphatic rings. The van der Waals surface area contributed by atoms with Crippen LogP contribution in [-0.2, 0) is 26.2 Å². The number of amides is 4. The number of aryl methyl sites for hydroxylation is 1. The van der Waals surface area contributed by atoms with Crippen molar-refractivity contribution in [3.8, 4) is 0 Å². The number of anilines is 1. The zero-order chi connectivity index (χ0) is 43.9. The third kappa shape index (κ3) is 9.38. The van der Waals surface area contributed by atoms with E-state index in [0.717, 1.165) is 74.6 Å². The number of nitrogens with zero attached hydrogens (tertiary/aromatic N) is 7. The summed E-state index contributed by atoms with van der Waals surface area (Å²) in [5, 5.41) is 16.5. The Hall–Kier alpha value is -6.46. The number of carboxylic acid groups (broad SMARTS) is 1. The van der Waals surface area contributed by atoms with Gasteiger partial charge in [0, 0.05) is 57.8 Å². The Morgan fingerprint density at radius 3 is 2.45 bits per heavy atom. The fourth-order valence-electron chi connectivity index (χ4n) is 9.03. The smallest absolute Gasteiger partial charge is 0.329 e. The minimum Gasteiger partial charge on any atom is -0.483 e. The lowest BCUT2D eigenvalue weighted by Gasteiger charge is -2.32. The average Bonchev–Trinajstić information content (AvgIpc) is 3.99. The van der Waals surface area contributed by atoms with Crippen molar-refractivity contribution in [3.63, 3.8) is 0 Å². The Morgan fingerprint density at radius 1 is 0.919 bits per heavy atom. The number of carbonyl (C=O) groups is 5. The van der Waals surface area contributed by atoms with Crippen molar-refractivity contribution in [2.45, 2.75) is 95.1 Å². The number of halogens is 2. The van der Waals surface area contributed by atoms with Crippen molar-refractivity contribution in [2.24, 2.45) is 7.05 Å². The van der Waals surface area contributed by atoms with Crippen LogP contribution in [0, 0.1) is 11.6 Å². The van der Waals surface area contributed by atoms with E-state index >= 15 is 0 Å². The minimum absolute atomic E-state index is 0.168. The third-order valence-corrected chi connectivity index (χ3v) is 12.3. The second-order valence-electron chi connectivity index (χ2n) is 16.1. The Balaban J connectivity index is 0.00000187. The highest BCUT2D eigenvalue weighted by Crippen LogP contribution is 2.37. The predicted molar refractivity (Wildman–Crippen MR) is 225 cm³/mol. The second-order valence-corrected chi connectivity index (χ2v) is 16.1. The number of piperidine rings is 2. The van der Waals surface area contributed by atoms with Crippen LogP contribution in [0.5, 0.6) is 0 Å². The maximum absolute atomic E-state index is 14.7. The fraction of sp³-hybridized carbons (Fsp3) is 0.455. The first kappa shape index (κ1) is 43.6. The molecule has 3 saturated heterocycles. The Labute approximate surface area is 355 Å². The number of aromatic nitrogens is 5. The van der Waals surface area contributed by atoms with Crippen LogP contribution < -0.4 is 21.2 Å². The Kier molecular flexibility index (Phi) is 13.7. The maximum atomic E-state index is 14.7. The lowest BCUT2D eigenvalue weighted by atomic mass is 9.89. The van der Waals surface area contributed by atoms with Crippen LogP contribution in [0.4, 0.5) is 14.6 Å². The van der Waals surface area contributed by atoms with Gasteiger partial charge in [-0.25, -0.2) is 23.1 Å². The van der Waals surface area contributed by atoms with Gasteiger partial charge >= 0.3 is 5.69 Å². The molecule has 18 heteroatoms. The quantitative estimate of drug-likeness (QED) is 0.0810. The molecule has 0 radical (unpaired) electrons. The number of benzene rings is 2. The van der Waals surface area contributed by atoms with Gasteiger partial charge in [0.15, 0.2) is 5.65 Å². The molecule has 3 aromatic heterocycles. The van der Waals surface area contributed by atoms with E-state index in [0.29, 0.717) is 73.6 Å². The van der Waals surface area contributed by atoms with Crippen LogP contribution >= 0.6 is 0 Å². The van der Waals surface area contributed by atoms with E-state index in [1.807, 2.05) is 28.0 Å². The normalized spacial score (nSPS) is 18.2. The van der Waals surface area contributed by atoms with E-state index in [9.17, 15) is 32.8 Å². The summed E-state index contributed by atoms with van der Waals surface area (Å²) < 4.78 is 33.2. The van der Waals surface area contributed by atoms with Gasteiger partial charge < -0.3 is 20.2 Å². The second kappa shape index (κ2) is 19.5. The molecule has 3 aliphatic heterocycles. The van der Waals surface area contributed by atoms with Crippen molar-refractivity contribution in [1.82, 2.24) is 39.3 Å². The SMILES string of the molecule is Cn1c(=O)n(C2CCC(=O)NC2=O)c2ccc(C3CCN(C(=O)CCCCCCCNC(=O)c4cnn5ccc(N6CCC[C@@H]6c6cc(F)ccc6F)nc45)CC3)cc21.O=CO. The van der Waals surface area contributed by atoms with Crippen LogP contribution in [-0.4, -0.2) is 90.0 Å². The number of likely N-dealkylation sites (tertiary alicyclic amines) is 1. The molecule has 4 amide bonds. The van der Waals surface area contributed by atoms with Gasteiger partial charge in [0.2, 0.25) is 17.7 Å². The summed E-state index contributed by atoms with van der Waals surface area (Å²) in [5.41, 5.74) is 3.27. The molecule has 5 aromatic rings. The number of imidazole rings is 1. The van der Waals surface area contributed by atoms with E-state index < -0.39 is 23.6 Å². The zero-order valence-corrected chi connectivity index (χ0v) is 34.6. The van der Waals surface area contributed by atoms with Gasteiger partial charge in [-0.05, 0) is 92.8 Å². The molecule has 0 aliphatic carbocycles. The standard InChI is InChI=1S/C43H49F2N9O5.CH2O2/c1-50-36-24-28(10-13-34(36)54(43(50)59)35-14-15-38(55)49-42(35)58)27-16-21-51(22-17-27)39(56)9-5-3-2-4-6-19-46-41(57)31-26-47-53-23-18-37(48-40(31)53)52-20-7-8-33(52)30-25-29(44)11-12-32(30)45;2-1-3/h10-13,18,23-27,33,35H,2-9,14-17,19-22H2,1H3,(H,46,57)(H,49,55,58);1H,(H,2,3)/t33-,35?;/m1./s1. The van der Waals surface area contributed by atoms with Gasteiger partial charge in [-0.3, -0.25) is 38.4 Å². The number of imide groups is 1. The van der Waals surface area contributed by atoms with Gasteiger partial charge in [0.25, 0.3) is 12.4 Å². The number of rotatable bonds is 13. The van der Waals surface area contributed by atoms with E-state index in [-0.39, 0.29) is 48.3 Å². The van der Waals surface area contributed by atoms with Crippen molar-refractivity contribution < 1.29 is 37.9 Å². The molecule has 328 valence electrons. The molecule has 0 bridgehead atoms. The van der Waals surface area contributed by atoms with Crippen LogP contribution in [0.2, 0.25) is 0 Å². The van der Waals surface area contributed by atoms with Gasteiger partial charge in [0.05, 0.1) is 23.3 Å². The Bertz CT molecular complexity index is 2530. The summed E-state index contributed by atoms with van der Waals surface area (Å²) in [7, 11) is 1.70. The van der Waals surface area contributed by atoms with Crippen molar-refractivity contribution in [1.29, 1.82) is 0 Å². The maximum Gasteiger partial charge on any atom is 0.329 e. The molecule has 0 spiro atoms. The van der Waals surface area contributed by atoms with Crippen LogP contribution in [0.15, 0.2) is 59.7 Å². The van der Waals surface area contributed by atoms with E-state index in [1.54, 1.807) is 23.9 Å². The third-order valence-electron chi connectivity index (χ3n) is 12.3. The van der Waals surface area contributed by atoms with Crippen molar-refractivity contribution in [3.05, 3.63) is 93.7 Å².